The summed E-state index contributed by atoms with van der Waals surface area (Å²) in [6.07, 6.45) is 1.14. The van der Waals surface area contributed by atoms with Crippen LogP contribution in [-0.4, -0.2) is 25.2 Å². The number of hydrogen-bond donors (Lipinski definition) is 1. The second-order valence-electron chi connectivity index (χ2n) is 6.64. The normalized spacial score (nSPS) is 24.0. The van der Waals surface area contributed by atoms with Crippen LogP contribution in [0.2, 0.25) is 5.02 Å². The molecule has 0 saturated carbocycles. The minimum absolute atomic E-state index is 0.260. The number of piperazine rings is 1. The summed E-state index contributed by atoms with van der Waals surface area (Å²) in [7, 11) is 0. The smallest absolute Gasteiger partial charge is 0.0515 e. The Labute approximate surface area is 136 Å². The molecule has 2 nitrogen and oxygen atoms in total. The summed E-state index contributed by atoms with van der Waals surface area (Å²) in [6, 6.07) is 7.11. The highest BCUT2D eigenvalue weighted by Crippen LogP contribution is 2.34. The monoisotopic (exact) mass is 358 g/mol. The maximum Gasteiger partial charge on any atom is 0.0515 e. The third-order valence-corrected chi connectivity index (χ3v) is 5.03. The van der Waals surface area contributed by atoms with Crippen molar-refractivity contribution >= 4 is 33.2 Å². The molecule has 1 aromatic rings. The van der Waals surface area contributed by atoms with E-state index in [4.69, 9.17) is 11.6 Å². The maximum atomic E-state index is 6.07. The van der Waals surface area contributed by atoms with Gasteiger partial charge in [0.15, 0.2) is 0 Å². The molecule has 2 rings (SSSR count). The Morgan fingerprint density at radius 1 is 1.40 bits per heavy atom. The first kappa shape index (κ1) is 16.1. The van der Waals surface area contributed by atoms with E-state index < -0.39 is 0 Å². The van der Waals surface area contributed by atoms with Gasteiger partial charge in [-0.3, -0.25) is 0 Å². The van der Waals surface area contributed by atoms with Gasteiger partial charge >= 0.3 is 0 Å². The third-order valence-electron chi connectivity index (χ3n) is 4.16. The van der Waals surface area contributed by atoms with Gasteiger partial charge in [0.1, 0.15) is 0 Å². The van der Waals surface area contributed by atoms with E-state index >= 15 is 0 Å². The number of anilines is 1. The molecule has 112 valence electrons. The highest BCUT2D eigenvalue weighted by atomic mass is 79.9. The zero-order chi connectivity index (χ0) is 14.9. The second kappa shape index (κ2) is 6.25. The van der Waals surface area contributed by atoms with Crippen LogP contribution in [-0.2, 0) is 0 Å². The number of halogens is 2. The van der Waals surface area contributed by atoms with Crippen molar-refractivity contribution in [2.24, 2.45) is 5.41 Å². The fraction of sp³-hybridized carbons (Fsp3) is 0.625. The highest BCUT2D eigenvalue weighted by Gasteiger charge is 2.34. The molecule has 1 aliphatic heterocycles. The molecule has 0 aliphatic carbocycles. The van der Waals surface area contributed by atoms with E-state index in [9.17, 15) is 0 Å². The Morgan fingerprint density at radius 3 is 2.65 bits per heavy atom. The summed E-state index contributed by atoms with van der Waals surface area (Å²) in [5, 5.41) is 4.48. The van der Waals surface area contributed by atoms with Gasteiger partial charge in [-0.15, -0.1) is 0 Å². The molecule has 0 bridgehead atoms. The molecule has 20 heavy (non-hydrogen) atoms. The van der Waals surface area contributed by atoms with Crippen LogP contribution in [0.4, 0.5) is 5.69 Å². The molecular formula is C16H24BrClN2. The van der Waals surface area contributed by atoms with Crippen molar-refractivity contribution in [3.63, 3.8) is 0 Å². The lowest BCUT2D eigenvalue weighted by Crippen LogP contribution is -2.60. The fourth-order valence-corrected chi connectivity index (χ4v) is 3.66. The van der Waals surface area contributed by atoms with Crippen LogP contribution in [0.1, 0.15) is 34.1 Å². The summed E-state index contributed by atoms with van der Waals surface area (Å²) in [6.45, 7) is 11.2. The molecule has 2 atom stereocenters. The Hall–Kier alpha value is -0.250. The van der Waals surface area contributed by atoms with Crippen molar-refractivity contribution in [1.29, 1.82) is 0 Å². The lowest BCUT2D eigenvalue weighted by Gasteiger charge is -2.46. The average Bonchev–Trinajstić information content (AvgIpc) is 2.37. The van der Waals surface area contributed by atoms with Crippen LogP contribution in [0.5, 0.6) is 0 Å². The number of rotatable bonds is 2. The summed E-state index contributed by atoms with van der Waals surface area (Å²) < 4.78 is 1.08. The first-order chi connectivity index (χ1) is 9.32. The standard InChI is InChI=1S/C16H24BrClN2/c1-5-12-9-19-15(16(2,3)4)10-20(12)14-7-6-11(18)8-13(14)17/h6-8,12,15,19H,5,9-10H2,1-4H3. The zero-order valence-corrected chi connectivity index (χ0v) is 15.1. The molecular weight excluding hydrogens is 336 g/mol. The van der Waals surface area contributed by atoms with Crippen molar-refractivity contribution in [3.8, 4) is 0 Å². The highest BCUT2D eigenvalue weighted by molar-refractivity contribution is 9.10. The van der Waals surface area contributed by atoms with E-state index in [1.165, 1.54) is 5.69 Å². The van der Waals surface area contributed by atoms with Crippen molar-refractivity contribution < 1.29 is 0 Å². The summed E-state index contributed by atoms with van der Waals surface area (Å²) in [4.78, 5) is 2.52. The minimum Gasteiger partial charge on any atom is -0.365 e. The van der Waals surface area contributed by atoms with E-state index in [1.54, 1.807) is 0 Å². The number of nitrogens with one attached hydrogen (secondary N) is 1. The van der Waals surface area contributed by atoms with Crippen LogP contribution in [0.3, 0.4) is 0 Å². The number of hydrogen-bond acceptors (Lipinski definition) is 2. The molecule has 0 amide bonds. The van der Waals surface area contributed by atoms with Gasteiger partial charge in [-0.05, 0) is 46.0 Å². The van der Waals surface area contributed by atoms with Gasteiger partial charge < -0.3 is 10.2 Å². The van der Waals surface area contributed by atoms with E-state index in [0.29, 0.717) is 12.1 Å². The minimum atomic E-state index is 0.260. The second-order valence-corrected chi connectivity index (χ2v) is 7.93. The molecule has 2 unspecified atom stereocenters. The first-order valence-electron chi connectivity index (χ1n) is 7.28. The predicted molar refractivity (Wildman–Crippen MR) is 91.8 cm³/mol. The molecule has 1 N–H and O–H groups in total. The zero-order valence-electron chi connectivity index (χ0n) is 12.7. The average molecular weight is 360 g/mol. The number of benzene rings is 1. The molecule has 0 spiro atoms. The van der Waals surface area contributed by atoms with E-state index in [0.717, 1.165) is 29.0 Å². The van der Waals surface area contributed by atoms with E-state index in [1.807, 2.05) is 12.1 Å². The van der Waals surface area contributed by atoms with Crippen LogP contribution < -0.4 is 10.2 Å². The molecule has 1 heterocycles. The van der Waals surface area contributed by atoms with Crippen molar-refractivity contribution in [3.05, 3.63) is 27.7 Å². The van der Waals surface area contributed by atoms with E-state index in [-0.39, 0.29) is 5.41 Å². The summed E-state index contributed by atoms with van der Waals surface area (Å²) in [5.74, 6) is 0. The fourth-order valence-electron chi connectivity index (χ4n) is 2.75. The lowest BCUT2D eigenvalue weighted by molar-refractivity contribution is 0.233. The van der Waals surface area contributed by atoms with Gasteiger partial charge in [0.05, 0.1) is 5.69 Å². The molecule has 1 fully saturated rings. The third kappa shape index (κ3) is 3.49. The topological polar surface area (TPSA) is 15.3 Å². The number of nitrogens with zero attached hydrogens (tertiary/aromatic N) is 1. The quantitative estimate of drug-likeness (QED) is 0.823. The van der Waals surface area contributed by atoms with Gasteiger partial charge in [-0.1, -0.05) is 39.3 Å². The summed E-state index contributed by atoms with van der Waals surface area (Å²) in [5.41, 5.74) is 1.51. The van der Waals surface area contributed by atoms with Crippen LogP contribution >= 0.6 is 27.5 Å². The van der Waals surface area contributed by atoms with Gasteiger partial charge in [0.2, 0.25) is 0 Å². The summed E-state index contributed by atoms with van der Waals surface area (Å²) >= 11 is 9.73. The Bertz CT molecular complexity index is 470. The maximum absolute atomic E-state index is 6.07. The van der Waals surface area contributed by atoms with Crippen molar-refractivity contribution in [1.82, 2.24) is 5.32 Å². The van der Waals surface area contributed by atoms with Gasteiger partial charge in [-0.25, -0.2) is 0 Å². The van der Waals surface area contributed by atoms with E-state index in [2.05, 4.69) is 59.9 Å². The largest absolute Gasteiger partial charge is 0.365 e. The first-order valence-corrected chi connectivity index (χ1v) is 8.45. The van der Waals surface area contributed by atoms with Crippen LogP contribution in [0.15, 0.2) is 22.7 Å². The van der Waals surface area contributed by atoms with Crippen LogP contribution in [0, 0.1) is 5.41 Å². The van der Waals surface area contributed by atoms with Gasteiger partial charge in [-0.2, -0.15) is 0 Å². The SMILES string of the molecule is CCC1CNC(C(C)(C)C)CN1c1ccc(Cl)cc1Br. The van der Waals surface area contributed by atoms with Crippen molar-refractivity contribution in [2.45, 2.75) is 46.2 Å². The molecule has 4 heteroatoms. The molecule has 0 aromatic heterocycles. The molecule has 0 radical (unpaired) electrons. The predicted octanol–water partition coefficient (Wildman–Crippen LogP) is 4.71. The Morgan fingerprint density at radius 2 is 2.10 bits per heavy atom. The van der Waals surface area contributed by atoms with Crippen molar-refractivity contribution in [2.75, 3.05) is 18.0 Å². The molecule has 1 aliphatic rings. The molecule has 1 aromatic carbocycles. The Balaban J connectivity index is 2.29. The molecule has 1 saturated heterocycles. The Kier molecular flexibility index (Phi) is 5.04. The van der Waals surface area contributed by atoms with Gasteiger partial charge in [0, 0.05) is 34.7 Å². The lowest BCUT2D eigenvalue weighted by atomic mass is 9.84. The van der Waals surface area contributed by atoms with Gasteiger partial charge in [0.25, 0.3) is 0 Å². The van der Waals surface area contributed by atoms with Crippen LogP contribution in [0.25, 0.3) is 0 Å².